The number of nitrogens with zero attached hydrogens (tertiary/aromatic N) is 6. The Kier molecular flexibility index (Phi) is 9.51. The van der Waals surface area contributed by atoms with E-state index in [0.29, 0.717) is 33.8 Å². The number of carbonyl (C=O) groups is 1. The van der Waals surface area contributed by atoms with Crippen LogP contribution in [0.2, 0.25) is 0 Å². The van der Waals surface area contributed by atoms with Gasteiger partial charge in [0.2, 0.25) is 0 Å². The Morgan fingerprint density at radius 3 is 2.41 bits per heavy atom. The van der Waals surface area contributed by atoms with Gasteiger partial charge in [0.05, 0.1) is 29.2 Å². The van der Waals surface area contributed by atoms with E-state index in [0.717, 1.165) is 29.9 Å². The number of fused-ring (bicyclic) bond motifs is 1. The van der Waals surface area contributed by atoms with E-state index in [2.05, 4.69) is 25.4 Å². The zero-order valence-corrected chi connectivity index (χ0v) is 29.9. The van der Waals surface area contributed by atoms with Crippen LogP contribution in [0.25, 0.3) is 27.7 Å². The number of aryl methyl sites for hydroxylation is 1. The van der Waals surface area contributed by atoms with Crippen molar-refractivity contribution in [2.75, 3.05) is 25.0 Å². The highest BCUT2D eigenvalue weighted by Crippen LogP contribution is 2.31. The summed E-state index contributed by atoms with van der Waals surface area (Å²) in [6, 6.07) is 13.3. The van der Waals surface area contributed by atoms with Crippen molar-refractivity contribution in [1.29, 1.82) is 0 Å². The van der Waals surface area contributed by atoms with E-state index < -0.39 is 28.5 Å². The molecule has 1 aliphatic heterocycles. The molecular weight excluding hydrogens is 653 g/mol. The molecule has 6 rings (SSSR count). The second-order valence-electron chi connectivity index (χ2n) is 14.5. The number of halogens is 1. The molecule has 1 aliphatic rings. The lowest BCUT2D eigenvalue weighted by atomic mass is 9.86. The minimum Gasteiger partial charge on any atom is -0.485 e. The Hall–Kier alpha value is -5.43. The minimum atomic E-state index is -0.676. The molecule has 266 valence electrons. The van der Waals surface area contributed by atoms with Crippen molar-refractivity contribution in [2.45, 2.75) is 65.6 Å². The lowest BCUT2D eigenvalue weighted by Gasteiger charge is -2.38. The number of ether oxygens (including phenoxy) is 2. The van der Waals surface area contributed by atoms with Gasteiger partial charge in [-0.3, -0.25) is 19.3 Å². The monoisotopic (exact) mass is 695 g/mol. The Labute approximate surface area is 294 Å². The standard InChI is InChI=1S/C38H42FN7O5/c1-23(47)50-21-28-27(10-8-11-32(28)46-36(49)34-24(19-41-46)16-25(17-29(34)39)37(2,3)4)30-18-31(35(48)44(7)43-30)42-33-13-12-26(20-40-33)51-38(5,6)22-45-14-9-15-45/h8,10-13,16-20H,9,14-15,21-22H2,1-7H3,(H,40,42). The fraction of sp³-hybridized carbons (Fsp3) is 0.368. The minimum absolute atomic E-state index is 0.114. The second kappa shape index (κ2) is 13.7. The molecule has 0 spiro atoms. The van der Waals surface area contributed by atoms with Crippen LogP contribution in [-0.4, -0.2) is 60.6 Å². The molecule has 0 saturated carbocycles. The predicted molar refractivity (Wildman–Crippen MR) is 193 cm³/mol. The number of hydrogen-bond donors (Lipinski definition) is 1. The van der Waals surface area contributed by atoms with Gasteiger partial charge in [0, 0.05) is 37.0 Å². The smallest absolute Gasteiger partial charge is 0.302 e. The molecule has 1 saturated heterocycles. The Morgan fingerprint density at radius 2 is 1.76 bits per heavy atom. The number of aromatic nitrogens is 5. The second-order valence-corrected chi connectivity index (χ2v) is 14.5. The third kappa shape index (κ3) is 7.68. The van der Waals surface area contributed by atoms with Crippen LogP contribution in [0.15, 0.2) is 70.5 Å². The summed E-state index contributed by atoms with van der Waals surface area (Å²) in [4.78, 5) is 45.9. The van der Waals surface area contributed by atoms with Crippen molar-refractivity contribution >= 4 is 28.2 Å². The quantitative estimate of drug-likeness (QED) is 0.183. The van der Waals surface area contributed by atoms with E-state index in [1.54, 1.807) is 48.7 Å². The SMILES string of the molecule is CC(=O)OCc1c(-c2cc(Nc3ccc(OC(C)(C)CN4CCC4)cn3)c(=O)n(C)n2)cccc1-n1ncc2cc(C(C)(C)C)cc(F)c2c1=O. The number of benzene rings is 2. The number of hydrogen-bond acceptors (Lipinski definition) is 10. The van der Waals surface area contributed by atoms with E-state index in [9.17, 15) is 14.4 Å². The summed E-state index contributed by atoms with van der Waals surface area (Å²) in [5, 5.41) is 12.2. The van der Waals surface area contributed by atoms with Gasteiger partial charge < -0.3 is 14.8 Å². The number of pyridine rings is 1. The van der Waals surface area contributed by atoms with Crippen molar-refractivity contribution in [2.24, 2.45) is 7.05 Å². The van der Waals surface area contributed by atoms with Crippen molar-refractivity contribution in [3.8, 4) is 22.7 Å². The van der Waals surface area contributed by atoms with Gasteiger partial charge in [0.25, 0.3) is 11.1 Å². The fourth-order valence-corrected chi connectivity index (χ4v) is 6.09. The number of anilines is 2. The summed E-state index contributed by atoms with van der Waals surface area (Å²) in [5.41, 5.74) is 0.533. The molecule has 0 aliphatic carbocycles. The van der Waals surface area contributed by atoms with Crippen LogP contribution in [0.1, 0.15) is 59.1 Å². The summed E-state index contributed by atoms with van der Waals surface area (Å²) in [5.74, 6) is -0.188. The molecule has 0 amide bonds. The van der Waals surface area contributed by atoms with Crippen molar-refractivity contribution in [1.82, 2.24) is 29.4 Å². The van der Waals surface area contributed by atoms with Gasteiger partial charge in [-0.05, 0) is 80.7 Å². The normalized spacial score (nSPS) is 13.6. The molecule has 3 aromatic heterocycles. The topological polar surface area (TPSA) is 133 Å². The lowest BCUT2D eigenvalue weighted by Crippen LogP contribution is -2.48. The van der Waals surface area contributed by atoms with Crippen molar-refractivity contribution in [3.05, 3.63) is 98.6 Å². The summed E-state index contributed by atoms with van der Waals surface area (Å²) in [7, 11) is 1.52. The molecule has 1 fully saturated rings. The molecule has 12 nitrogen and oxygen atoms in total. The van der Waals surface area contributed by atoms with Crippen LogP contribution in [0, 0.1) is 5.82 Å². The first-order valence-electron chi connectivity index (χ1n) is 16.8. The Morgan fingerprint density at radius 1 is 1.00 bits per heavy atom. The van der Waals surface area contributed by atoms with Gasteiger partial charge in [0.1, 0.15) is 35.3 Å². The van der Waals surface area contributed by atoms with Gasteiger partial charge in [-0.2, -0.15) is 14.9 Å². The maximum Gasteiger partial charge on any atom is 0.302 e. The summed E-state index contributed by atoms with van der Waals surface area (Å²) in [6.45, 7) is 13.9. The van der Waals surface area contributed by atoms with E-state index in [1.807, 2.05) is 34.6 Å². The number of carbonyl (C=O) groups excluding carboxylic acids is 1. The highest BCUT2D eigenvalue weighted by molar-refractivity contribution is 5.83. The van der Waals surface area contributed by atoms with Crippen molar-refractivity contribution < 1.29 is 18.7 Å². The Balaban J connectivity index is 1.37. The Bertz CT molecular complexity index is 2240. The van der Waals surface area contributed by atoms with Gasteiger partial charge in [-0.15, -0.1) is 0 Å². The summed E-state index contributed by atoms with van der Waals surface area (Å²) >= 11 is 0. The molecule has 0 atom stereocenters. The van der Waals surface area contributed by atoms with Crippen LogP contribution in [0.5, 0.6) is 5.75 Å². The summed E-state index contributed by atoms with van der Waals surface area (Å²) in [6.07, 6.45) is 4.25. The first-order chi connectivity index (χ1) is 24.1. The van der Waals surface area contributed by atoms with Crippen LogP contribution < -0.4 is 21.2 Å². The van der Waals surface area contributed by atoms with Crippen LogP contribution in [0.3, 0.4) is 0 Å². The van der Waals surface area contributed by atoms with Gasteiger partial charge in [0.15, 0.2) is 0 Å². The highest BCUT2D eigenvalue weighted by atomic mass is 19.1. The molecule has 4 heterocycles. The molecule has 13 heteroatoms. The number of likely N-dealkylation sites (tertiary alicyclic amines) is 1. The first-order valence-corrected chi connectivity index (χ1v) is 16.8. The molecule has 5 aromatic rings. The van der Waals surface area contributed by atoms with Crippen LogP contribution >= 0.6 is 0 Å². The largest absolute Gasteiger partial charge is 0.485 e. The van der Waals surface area contributed by atoms with Gasteiger partial charge in [-0.1, -0.05) is 32.9 Å². The fourth-order valence-electron chi connectivity index (χ4n) is 6.09. The average molecular weight is 696 g/mol. The number of nitrogens with one attached hydrogen (secondary N) is 1. The number of rotatable bonds is 10. The molecule has 0 radical (unpaired) electrons. The van der Waals surface area contributed by atoms with Gasteiger partial charge >= 0.3 is 5.97 Å². The predicted octanol–water partition coefficient (Wildman–Crippen LogP) is 5.65. The molecular formula is C38H42FN7O5. The van der Waals surface area contributed by atoms with Crippen molar-refractivity contribution in [3.63, 3.8) is 0 Å². The average Bonchev–Trinajstić information content (AvgIpc) is 3.04. The first kappa shape index (κ1) is 35.4. The highest BCUT2D eigenvalue weighted by Gasteiger charge is 2.27. The zero-order chi connectivity index (χ0) is 36.7. The van der Waals surface area contributed by atoms with Crippen LogP contribution in [0.4, 0.5) is 15.9 Å². The third-order valence-electron chi connectivity index (χ3n) is 8.79. The van der Waals surface area contributed by atoms with Crippen LogP contribution in [-0.2, 0) is 28.6 Å². The summed E-state index contributed by atoms with van der Waals surface area (Å²) < 4.78 is 29.4. The van der Waals surface area contributed by atoms with E-state index in [-0.39, 0.29) is 28.8 Å². The van der Waals surface area contributed by atoms with Gasteiger partial charge in [-0.25, -0.2) is 14.1 Å². The molecule has 2 aromatic carbocycles. The van der Waals surface area contributed by atoms with E-state index in [1.165, 1.54) is 37.3 Å². The molecule has 1 N–H and O–H groups in total. The maximum atomic E-state index is 15.5. The third-order valence-corrected chi connectivity index (χ3v) is 8.79. The zero-order valence-electron chi connectivity index (χ0n) is 29.9. The molecule has 51 heavy (non-hydrogen) atoms. The van der Waals surface area contributed by atoms with E-state index in [4.69, 9.17) is 9.47 Å². The maximum absolute atomic E-state index is 15.5. The number of esters is 1. The molecule has 0 bridgehead atoms. The lowest BCUT2D eigenvalue weighted by molar-refractivity contribution is -0.142. The van der Waals surface area contributed by atoms with E-state index >= 15 is 4.39 Å². The molecule has 0 unspecified atom stereocenters.